The number of aliphatic carboxylic acids is 1. The van der Waals surface area contributed by atoms with Crippen molar-refractivity contribution in [2.45, 2.75) is 32.7 Å². The Balaban J connectivity index is 2.01. The molecule has 0 saturated heterocycles. The Kier molecular flexibility index (Phi) is 3.82. The van der Waals surface area contributed by atoms with Gasteiger partial charge in [0.2, 0.25) is 5.91 Å². The highest BCUT2D eigenvalue weighted by atomic mass is 16.4. The first-order chi connectivity index (χ1) is 8.99. The second-order valence-electron chi connectivity index (χ2n) is 5.23. The summed E-state index contributed by atoms with van der Waals surface area (Å²) in [6.45, 7) is 3.76. The molecular weight excluding hydrogens is 248 g/mol. The SMILES string of the molecule is CC1C[C@H](C(=O)NC(C)c2ncn[nH]2)[C@H](C(=O)O)C1. The van der Waals surface area contributed by atoms with Crippen molar-refractivity contribution >= 4 is 11.9 Å². The molecule has 1 heterocycles. The summed E-state index contributed by atoms with van der Waals surface area (Å²) in [6, 6.07) is -0.305. The maximum Gasteiger partial charge on any atom is 0.307 e. The molecule has 0 bridgehead atoms. The van der Waals surface area contributed by atoms with E-state index in [1.807, 2.05) is 6.92 Å². The first-order valence-corrected chi connectivity index (χ1v) is 6.37. The summed E-state index contributed by atoms with van der Waals surface area (Å²) in [5.41, 5.74) is 0. The zero-order valence-electron chi connectivity index (χ0n) is 11.0. The lowest BCUT2D eigenvalue weighted by molar-refractivity contribution is -0.146. The van der Waals surface area contributed by atoms with Crippen LogP contribution in [0.3, 0.4) is 0 Å². The third-order valence-electron chi connectivity index (χ3n) is 3.65. The summed E-state index contributed by atoms with van der Waals surface area (Å²) in [4.78, 5) is 27.3. The molecule has 0 spiro atoms. The van der Waals surface area contributed by atoms with Crippen LogP contribution < -0.4 is 5.32 Å². The summed E-state index contributed by atoms with van der Waals surface area (Å²) in [5.74, 6) is -1.34. The van der Waals surface area contributed by atoms with E-state index in [9.17, 15) is 9.59 Å². The van der Waals surface area contributed by atoms with Gasteiger partial charge in [-0.2, -0.15) is 5.10 Å². The Morgan fingerprint density at radius 3 is 2.74 bits per heavy atom. The average molecular weight is 266 g/mol. The number of nitrogens with one attached hydrogen (secondary N) is 2. The maximum atomic E-state index is 12.2. The van der Waals surface area contributed by atoms with Crippen LogP contribution in [0.2, 0.25) is 0 Å². The highest BCUT2D eigenvalue weighted by Crippen LogP contribution is 2.36. The van der Waals surface area contributed by atoms with Crippen LogP contribution in [-0.2, 0) is 9.59 Å². The lowest BCUT2D eigenvalue weighted by Gasteiger charge is -2.18. The number of rotatable bonds is 4. The van der Waals surface area contributed by atoms with E-state index in [2.05, 4.69) is 20.5 Å². The number of amides is 1. The molecule has 7 nitrogen and oxygen atoms in total. The van der Waals surface area contributed by atoms with Crippen LogP contribution in [0.1, 0.15) is 38.6 Å². The van der Waals surface area contributed by atoms with Crippen molar-refractivity contribution in [1.29, 1.82) is 0 Å². The smallest absolute Gasteiger partial charge is 0.307 e. The number of nitrogens with zero attached hydrogens (tertiary/aromatic N) is 2. The zero-order chi connectivity index (χ0) is 14.0. The van der Waals surface area contributed by atoms with E-state index in [1.165, 1.54) is 6.33 Å². The van der Waals surface area contributed by atoms with Gasteiger partial charge in [0.1, 0.15) is 12.2 Å². The predicted octanol–water partition coefficient (Wildman–Crippen LogP) is 0.729. The minimum Gasteiger partial charge on any atom is -0.481 e. The highest BCUT2D eigenvalue weighted by Gasteiger charge is 2.41. The van der Waals surface area contributed by atoms with Gasteiger partial charge in [0.25, 0.3) is 0 Å². The first-order valence-electron chi connectivity index (χ1n) is 6.37. The fourth-order valence-electron chi connectivity index (χ4n) is 2.67. The Labute approximate surface area is 110 Å². The van der Waals surface area contributed by atoms with Crippen LogP contribution in [-0.4, -0.2) is 32.2 Å². The number of aromatic nitrogens is 3. The number of carbonyl (C=O) groups is 2. The van der Waals surface area contributed by atoms with Crippen molar-refractivity contribution < 1.29 is 14.7 Å². The molecule has 19 heavy (non-hydrogen) atoms. The number of H-pyrrole nitrogens is 1. The Hall–Kier alpha value is -1.92. The summed E-state index contributed by atoms with van der Waals surface area (Å²) in [6.07, 6.45) is 2.55. The zero-order valence-corrected chi connectivity index (χ0v) is 11.0. The van der Waals surface area contributed by atoms with Crippen molar-refractivity contribution in [2.24, 2.45) is 17.8 Å². The van der Waals surface area contributed by atoms with E-state index in [0.29, 0.717) is 18.7 Å². The van der Waals surface area contributed by atoms with Gasteiger partial charge in [-0.1, -0.05) is 6.92 Å². The van der Waals surface area contributed by atoms with Gasteiger partial charge < -0.3 is 10.4 Å². The van der Waals surface area contributed by atoms with Crippen molar-refractivity contribution in [2.75, 3.05) is 0 Å². The van der Waals surface area contributed by atoms with E-state index >= 15 is 0 Å². The number of aromatic amines is 1. The molecule has 2 rings (SSSR count). The normalized spacial score (nSPS) is 28.0. The van der Waals surface area contributed by atoms with Crippen LogP contribution in [0.15, 0.2) is 6.33 Å². The van der Waals surface area contributed by atoms with Gasteiger partial charge in [0.15, 0.2) is 0 Å². The number of hydrogen-bond acceptors (Lipinski definition) is 4. The largest absolute Gasteiger partial charge is 0.481 e. The molecule has 3 N–H and O–H groups in total. The molecule has 7 heteroatoms. The van der Waals surface area contributed by atoms with Gasteiger partial charge in [-0.05, 0) is 25.7 Å². The molecule has 1 aromatic heterocycles. The van der Waals surface area contributed by atoms with Crippen LogP contribution in [0.25, 0.3) is 0 Å². The topological polar surface area (TPSA) is 108 Å². The van der Waals surface area contributed by atoms with Crippen LogP contribution >= 0.6 is 0 Å². The highest BCUT2D eigenvalue weighted by molar-refractivity contribution is 5.85. The van der Waals surface area contributed by atoms with Crippen molar-refractivity contribution in [1.82, 2.24) is 20.5 Å². The summed E-state index contributed by atoms with van der Waals surface area (Å²) >= 11 is 0. The van der Waals surface area contributed by atoms with Gasteiger partial charge in [0.05, 0.1) is 17.9 Å². The lowest BCUT2D eigenvalue weighted by atomic mass is 9.95. The van der Waals surface area contributed by atoms with E-state index in [4.69, 9.17) is 5.11 Å². The van der Waals surface area contributed by atoms with Crippen molar-refractivity contribution in [3.05, 3.63) is 12.2 Å². The molecule has 1 aromatic rings. The van der Waals surface area contributed by atoms with Gasteiger partial charge >= 0.3 is 5.97 Å². The monoisotopic (exact) mass is 266 g/mol. The fourth-order valence-corrected chi connectivity index (χ4v) is 2.67. The van der Waals surface area contributed by atoms with Gasteiger partial charge in [-0.3, -0.25) is 14.7 Å². The lowest BCUT2D eigenvalue weighted by Crippen LogP contribution is -2.37. The second-order valence-corrected chi connectivity index (χ2v) is 5.23. The molecule has 0 radical (unpaired) electrons. The van der Waals surface area contributed by atoms with Crippen molar-refractivity contribution in [3.8, 4) is 0 Å². The van der Waals surface area contributed by atoms with Gasteiger partial charge in [0, 0.05) is 0 Å². The van der Waals surface area contributed by atoms with Crippen molar-refractivity contribution in [3.63, 3.8) is 0 Å². The summed E-state index contributed by atoms with van der Waals surface area (Å²) in [5, 5.41) is 18.4. The molecule has 1 aliphatic carbocycles. The molecule has 1 saturated carbocycles. The summed E-state index contributed by atoms with van der Waals surface area (Å²) < 4.78 is 0. The van der Waals surface area contributed by atoms with E-state index in [1.54, 1.807) is 6.92 Å². The standard InChI is InChI=1S/C12H18N4O3/c1-6-3-8(9(4-6)12(18)19)11(17)15-7(2)10-13-5-14-16-10/h5-9H,3-4H2,1-2H3,(H,15,17)(H,18,19)(H,13,14,16)/t6?,7?,8-,9+/m0/s1. The second kappa shape index (κ2) is 5.38. The Morgan fingerprint density at radius 2 is 2.16 bits per heavy atom. The van der Waals surface area contributed by atoms with Crippen LogP contribution in [0.5, 0.6) is 0 Å². The molecule has 104 valence electrons. The van der Waals surface area contributed by atoms with E-state index in [-0.39, 0.29) is 17.9 Å². The fraction of sp³-hybridized carbons (Fsp3) is 0.667. The molecule has 1 fully saturated rings. The Bertz CT molecular complexity index is 460. The van der Waals surface area contributed by atoms with E-state index in [0.717, 1.165) is 0 Å². The van der Waals surface area contributed by atoms with Crippen LogP contribution in [0, 0.1) is 17.8 Å². The van der Waals surface area contributed by atoms with Gasteiger partial charge in [-0.15, -0.1) is 0 Å². The molecular formula is C12H18N4O3. The molecule has 0 aliphatic heterocycles. The Morgan fingerprint density at radius 1 is 1.47 bits per heavy atom. The van der Waals surface area contributed by atoms with E-state index < -0.39 is 17.8 Å². The molecule has 0 aromatic carbocycles. The maximum absolute atomic E-state index is 12.2. The van der Waals surface area contributed by atoms with Gasteiger partial charge in [-0.25, -0.2) is 4.98 Å². The first kappa shape index (κ1) is 13.5. The molecule has 4 atom stereocenters. The number of carbonyl (C=O) groups excluding carboxylic acids is 1. The quantitative estimate of drug-likeness (QED) is 0.744. The molecule has 2 unspecified atom stereocenters. The molecule has 1 amide bonds. The predicted molar refractivity (Wildman–Crippen MR) is 66.0 cm³/mol. The number of hydrogen-bond donors (Lipinski definition) is 3. The third-order valence-corrected chi connectivity index (χ3v) is 3.65. The third kappa shape index (κ3) is 2.91. The number of carboxylic acid groups (broad SMARTS) is 1. The minimum atomic E-state index is -0.892. The minimum absolute atomic E-state index is 0.222. The summed E-state index contributed by atoms with van der Waals surface area (Å²) in [7, 11) is 0. The average Bonchev–Trinajstić information content (AvgIpc) is 2.96. The van der Waals surface area contributed by atoms with Crippen LogP contribution in [0.4, 0.5) is 0 Å². The number of carboxylic acids is 1. The molecule has 1 aliphatic rings.